The molecule has 1 saturated heterocycles. The minimum atomic E-state index is -0.758. The van der Waals surface area contributed by atoms with Gasteiger partial charge in [-0.3, -0.25) is 0 Å². The minimum Gasteiger partial charge on any atom is -0.478 e. The predicted molar refractivity (Wildman–Crippen MR) is 55.8 cm³/mol. The normalized spacial score (nSPS) is 20.5. The van der Waals surface area contributed by atoms with Crippen molar-refractivity contribution in [3.05, 3.63) is 24.3 Å². The van der Waals surface area contributed by atoms with E-state index in [-0.39, 0.29) is 12.1 Å². The van der Waals surface area contributed by atoms with Gasteiger partial charge in [0.15, 0.2) is 0 Å². The molecule has 16 heavy (non-hydrogen) atoms. The highest BCUT2D eigenvalue weighted by Crippen LogP contribution is 2.16. The van der Waals surface area contributed by atoms with E-state index in [1.807, 2.05) is 0 Å². The lowest BCUT2D eigenvalue weighted by atomic mass is 10.00. The number of carbonyl (C=O) groups excluding carboxylic acids is 1. The second kappa shape index (κ2) is 6.07. The Morgan fingerprint density at radius 2 is 2.31 bits per heavy atom. The number of carboxylic acid groups (broad SMARTS) is 1. The van der Waals surface area contributed by atoms with Crippen LogP contribution in [-0.2, 0) is 19.1 Å². The van der Waals surface area contributed by atoms with Gasteiger partial charge in [0.25, 0.3) is 0 Å². The number of hydrogen-bond acceptors (Lipinski definition) is 4. The topological polar surface area (TPSA) is 76.1 Å². The third kappa shape index (κ3) is 4.75. The molecule has 0 radical (unpaired) electrons. The maximum atomic E-state index is 10.3. The van der Waals surface area contributed by atoms with Gasteiger partial charge in [-0.15, -0.1) is 0 Å². The average Bonchev–Trinajstić information content (AvgIpc) is 2.95. The molecule has 1 fully saturated rings. The number of carboxylic acids is 1. The summed E-state index contributed by atoms with van der Waals surface area (Å²) in [6.07, 6.45) is 4.73. The van der Waals surface area contributed by atoms with Crippen molar-refractivity contribution >= 4 is 11.9 Å². The van der Waals surface area contributed by atoms with Crippen LogP contribution in [0.4, 0.5) is 0 Å². The van der Waals surface area contributed by atoms with E-state index in [2.05, 4.69) is 11.3 Å². The third-order valence-corrected chi connectivity index (χ3v) is 2.06. The summed E-state index contributed by atoms with van der Waals surface area (Å²) >= 11 is 0. The third-order valence-electron chi connectivity index (χ3n) is 2.06. The Labute approximate surface area is 93.3 Å². The Morgan fingerprint density at radius 1 is 1.69 bits per heavy atom. The van der Waals surface area contributed by atoms with E-state index in [9.17, 15) is 9.59 Å². The molecule has 1 atom stereocenters. The molecular formula is C11H14O5. The number of allylic oxidation sites excluding steroid dienone is 1. The van der Waals surface area contributed by atoms with Crippen LogP contribution in [0.3, 0.4) is 0 Å². The van der Waals surface area contributed by atoms with Crippen LogP contribution in [0.25, 0.3) is 0 Å². The number of esters is 1. The molecule has 1 N–H and O–H groups in total. The summed E-state index contributed by atoms with van der Waals surface area (Å²) in [4.78, 5) is 20.3. The van der Waals surface area contributed by atoms with Crippen LogP contribution in [-0.4, -0.2) is 36.4 Å². The van der Waals surface area contributed by atoms with Gasteiger partial charge >= 0.3 is 11.9 Å². The first-order chi connectivity index (χ1) is 7.63. The lowest BCUT2D eigenvalue weighted by Gasteiger charge is -2.06. The molecule has 88 valence electrons. The Kier molecular flexibility index (Phi) is 4.72. The molecule has 0 aromatic rings. The van der Waals surface area contributed by atoms with Crippen molar-refractivity contribution in [2.24, 2.45) is 0 Å². The maximum Gasteiger partial charge on any atom is 0.331 e. The molecule has 0 amide bonds. The molecule has 2 aliphatic rings. The van der Waals surface area contributed by atoms with Crippen molar-refractivity contribution in [2.75, 3.05) is 13.2 Å². The first kappa shape index (κ1) is 12.4. The van der Waals surface area contributed by atoms with Crippen molar-refractivity contribution in [1.29, 1.82) is 0 Å². The zero-order valence-electron chi connectivity index (χ0n) is 8.85. The highest BCUT2D eigenvalue weighted by atomic mass is 16.6. The summed E-state index contributed by atoms with van der Waals surface area (Å²) in [5.74, 6) is -1.14. The van der Waals surface area contributed by atoms with Gasteiger partial charge in [0.1, 0.15) is 12.7 Å². The van der Waals surface area contributed by atoms with Crippen LogP contribution in [0, 0.1) is 0 Å². The van der Waals surface area contributed by atoms with Crippen LogP contribution < -0.4 is 0 Å². The molecule has 0 bridgehead atoms. The second-order valence-corrected chi connectivity index (χ2v) is 3.36. The molecular weight excluding hydrogens is 212 g/mol. The van der Waals surface area contributed by atoms with Crippen molar-refractivity contribution in [3.8, 4) is 0 Å². The van der Waals surface area contributed by atoms with Crippen LogP contribution in [0.15, 0.2) is 24.3 Å². The molecule has 1 heterocycles. The van der Waals surface area contributed by atoms with Crippen molar-refractivity contribution in [2.45, 2.75) is 18.9 Å². The molecule has 1 aliphatic heterocycles. The molecule has 5 nitrogen and oxygen atoms in total. The molecule has 0 spiro atoms. The van der Waals surface area contributed by atoms with E-state index in [0.717, 1.165) is 18.9 Å². The van der Waals surface area contributed by atoms with E-state index in [0.29, 0.717) is 18.8 Å². The van der Waals surface area contributed by atoms with Gasteiger partial charge in [-0.2, -0.15) is 0 Å². The Morgan fingerprint density at radius 3 is 2.56 bits per heavy atom. The van der Waals surface area contributed by atoms with Gasteiger partial charge in [0.05, 0.1) is 6.61 Å². The van der Waals surface area contributed by atoms with Gasteiger partial charge in [0.2, 0.25) is 0 Å². The Hall–Kier alpha value is -1.62. The summed E-state index contributed by atoms with van der Waals surface area (Å²) in [6, 6.07) is 0. The average molecular weight is 226 g/mol. The summed E-state index contributed by atoms with van der Waals surface area (Å²) in [7, 11) is 0. The summed E-state index contributed by atoms with van der Waals surface area (Å²) in [6.45, 7) is 4.32. The number of hydrogen-bond donors (Lipinski definition) is 1. The fourth-order valence-corrected chi connectivity index (χ4v) is 0.881. The largest absolute Gasteiger partial charge is 0.478 e. The molecule has 0 aromatic carbocycles. The second-order valence-electron chi connectivity index (χ2n) is 3.36. The first-order valence-corrected chi connectivity index (χ1v) is 4.96. The standard InChI is InChI=1S/C6H8O3.C5H6O2/c1-2-6(7)9-4-5-3-8-5;6-5(7)4-2-1-3-4/h2,5H,1,3-4H2;2H,1,3H2,(H,6,7). The zero-order chi connectivity index (χ0) is 12.0. The fourth-order valence-electron chi connectivity index (χ4n) is 0.881. The van der Waals surface area contributed by atoms with Gasteiger partial charge in [-0.25, -0.2) is 9.59 Å². The molecule has 0 aromatic heterocycles. The molecule has 2 rings (SSSR count). The molecule has 0 saturated carbocycles. The predicted octanol–water partition coefficient (Wildman–Crippen LogP) is 0.906. The van der Waals surface area contributed by atoms with Crippen molar-refractivity contribution < 1.29 is 24.2 Å². The first-order valence-electron chi connectivity index (χ1n) is 4.96. The molecule has 5 heteroatoms. The number of rotatable bonds is 4. The summed E-state index contributed by atoms with van der Waals surface area (Å²) in [5, 5.41) is 8.16. The molecule has 1 unspecified atom stereocenters. The summed E-state index contributed by atoms with van der Waals surface area (Å²) < 4.78 is 9.42. The van der Waals surface area contributed by atoms with E-state index < -0.39 is 5.97 Å². The highest BCUT2D eigenvalue weighted by molar-refractivity contribution is 5.87. The SMILES string of the molecule is C=CC(=O)OCC1CO1.O=C(O)C1=CCC1. The van der Waals surface area contributed by atoms with Crippen molar-refractivity contribution in [3.63, 3.8) is 0 Å². The van der Waals surface area contributed by atoms with Crippen LogP contribution in [0.1, 0.15) is 12.8 Å². The smallest absolute Gasteiger partial charge is 0.331 e. The Bertz CT molecular complexity index is 314. The van der Waals surface area contributed by atoms with Crippen LogP contribution >= 0.6 is 0 Å². The number of aliphatic carboxylic acids is 1. The fraction of sp³-hybridized carbons (Fsp3) is 0.455. The maximum absolute atomic E-state index is 10.3. The van der Waals surface area contributed by atoms with Gasteiger partial charge in [0, 0.05) is 11.6 Å². The monoisotopic (exact) mass is 226 g/mol. The minimum absolute atomic E-state index is 0.147. The van der Waals surface area contributed by atoms with Crippen LogP contribution in [0.2, 0.25) is 0 Å². The molecule has 1 aliphatic carbocycles. The highest BCUT2D eigenvalue weighted by Gasteiger charge is 2.23. The number of carbonyl (C=O) groups is 2. The van der Waals surface area contributed by atoms with E-state index in [1.165, 1.54) is 0 Å². The number of ether oxygens (including phenoxy) is 2. The summed E-state index contributed by atoms with van der Waals surface area (Å²) in [5.41, 5.74) is 0.569. The number of epoxide rings is 1. The van der Waals surface area contributed by atoms with E-state index >= 15 is 0 Å². The van der Waals surface area contributed by atoms with Gasteiger partial charge in [-0.05, 0) is 12.8 Å². The Balaban J connectivity index is 0.000000165. The van der Waals surface area contributed by atoms with Gasteiger partial charge in [-0.1, -0.05) is 12.7 Å². The quantitative estimate of drug-likeness (QED) is 0.438. The van der Waals surface area contributed by atoms with Gasteiger partial charge < -0.3 is 14.6 Å². The zero-order valence-corrected chi connectivity index (χ0v) is 8.85. The lowest BCUT2D eigenvalue weighted by molar-refractivity contribution is -0.138. The lowest BCUT2D eigenvalue weighted by Crippen LogP contribution is -2.06. The van der Waals surface area contributed by atoms with Crippen LogP contribution in [0.5, 0.6) is 0 Å². The van der Waals surface area contributed by atoms with E-state index in [1.54, 1.807) is 6.08 Å². The van der Waals surface area contributed by atoms with E-state index in [4.69, 9.17) is 9.84 Å². The van der Waals surface area contributed by atoms with Crippen molar-refractivity contribution in [1.82, 2.24) is 0 Å².